The zero-order valence-corrected chi connectivity index (χ0v) is 15.4. The molecule has 0 spiro atoms. The normalized spacial score (nSPS) is 29.1. The van der Waals surface area contributed by atoms with Crippen molar-refractivity contribution in [1.82, 2.24) is 0 Å². The van der Waals surface area contributed by atoms with Gasteiger partial charge in [-0.1, -0.05) is 107 Å². The monoisotopic (exact) mass is 298 g/mol. The highest BCUT2D eigenvalue weighted by molar-refractivity contribution is 4.78. The molecule has 0 N–H and O–H groups in total. The molecule has 0 heterocycles. The van der Waals surface area contributed by atoms with E-state index in [-0.39, 0.29) is 7.43 Å². The number of rotatable bonds is 3. The molecule has 0 aromatic heterocycles. The van der Waals surface area contributed by atoms with Crippen LogP contribution in [-0.2, 0) is 0 Å². The first kappa shape index (κ1) is 23.3. The quantitative estimate of drug-likeness (QED) is 0.493. The Morgan fingerprint density at radius 2 is 1.24 bits per heavy atom. The zero-order valence-electron chi connectivity index (χ0n) is 15.4. The molecule has 2 aliphatic carbocycles. The Labute approximate surface area is 137 Å². The van der Waals surface area contributed by atoms with Gasteiger partial charge in [0, 0.05) is 0 Å². The molecule has 21 heavy (non-hydrogen) atoms. The molecule has 0 nitrogen and oxygen atoms in total. The highest BCUT2D eigenvalue weighted by Crippen LogP contribution is 2.38. The minimum Gasteiger partial charge on any atom is -0.0776 e. The second-order valence-corrected chi connectivity index (χ2v) is 6.61. The molecule has 2 rings (SSSR count). The molecular formula is C21H46. The summed E-state index contributed by atoms with van der Waals surface area (Å²) in [6.45, 7) is 13.0. The minimum atomic E-state index is 0. The van der Waals surface area contributed by atoms with E-state index in [2.05, 4.69) is 13.8 Å². The SMILES string of the molecule is C.CC.CC.CC1CCCC(CCC2CCCCC2)C1C. The van der Waals surface area contributed by atoms with E-state index in [1.54, 1.807) is 6.42 Å². The second kappa shape index (κ2) is 14.9. The van der Waals surface area contributed by atoms with Crippen LogP contribution >= 0.6 is 0 Å². The summed E-state index contributed by atoms with van der Waals surface area (Å²) in [4.78, 5) is 0. The molecule has 0 bridgehead atoms. The van der Waals surface area contributed by atoms with Gasteiger partial charge in [-0.3, -0.25) is 0 Å². The Morgan fingerprint density at radius 3 is 1.81 bits per heavy atom. The lowest BCUT2D eigenvalue weighted by Gasteiger charge is -2.35. The zero-order chi connectivity index (χ0) is 15.4. The van der Waals surface area contributed by atoms with Gasteiger partial charge in [-0.25, -0.2) is 0 Å². The van der Waals surface area contributed by atoms with Crippen LogP contribution in [0.5, 0.6) is 0 Å². The highest BCUT2D eigenvalue weighted by atomic mass is 14.3. The van der Waals surface area contributed by atoms with Gasteiger partial charge < -0.3 is 0 Å². The lowest BCUT2D eigenvalue weighted by atomic mass is 9.71. The summed E-state index contributed by atoms with van der Waals surface area (Å²) < 4.78 is 0. The third kappa shape index (κ3) is 8.89. The predicted octanol–water partition coefficient (Wildman–Crippen LogP) is 8.11. The van der Waals surface area contributed by atoms with Gasteiger partial charge in [0.05, 0.1) is 0 Å². The van der Waals surface area contributed by atoms with Crippen molar-refractivity contribution in [2.24, 2.45) is 23.7 Å². The summed E-state index contributed by atoms with van der Waals surface area (Å²) in [6, 6.07) is 0. The first-order valence-corrected chi connectivity index (χ1v) is 9.77. The molecule has 0 amide bonds. The van der Waals surface area contributed by atoms with Crippen LogP contribution in [0.3, 0.4) is 0 Å². The van der Waals surface area contributed by atoms with Gasteiger partial charge in [0.1, 0.15) is 0 Å². The fourth-order valence-electron chi connectivity index (χ4n) is 4.03. The average Bonchev–Trinajstić information content (AvgIpc) is 2.54. The van der Waals surface area contributed by atoms with Crippen molar-refractivity contribution in [3.05, 3.63) is 0 Å². The lowest BCUT2D eigenvalue weighted by molar-refractivity contribution is 0.159. The largest absolute Gasteiger partial charge is 0.0776 e. The van der Waals surface area contributed by atoms with Gasteiger partial charge in [0.2, 0.25) is 0 Å². The van der Waals surface area contributed by atoms with Crippen LogP contribution in [0.15, 0.2) is 0 Å². The molecule has 0 heteroatoms. The second-order valence-electron chi connectivity index (χ2n) is 6.61. The van der Waals surface area contributed by atoms with Gasteiger partial charge in [0.15, 0.2) is 0 Å². The van der Waals surface area contributed by atoms with Crippen LogP contribution in [0.2, 0.25) is 0 Å². The van der Waals surface area contributed by atoms with Crippen LogP contribution in [0.4, 0.5) is 0 Å². The fraction of sp³-hybridized carbons (Fsp3) is 1.00. The van der Waals surface area contributed by atoms with Gasteiger partial charge in [-0.2, -0.15) is 0 Å². The van der Waals surface area contributed by atoms with Crippen molar-refractivity contribution >= 4 is 0 Å². The van der Waals surface area contributed by atoms with Crippen LogP contribution in [0.1, 0.15) is 113 Å². The predicted molar refractivity (Wildman–Crippen MR) is 101 cm³/mol. The van der Waals surface area contributed by atoms with E-state index in [0.29, 0.717) is 0 Å². The Balaban J connectivity index is 0. The molecule has 2 saturated carbocycles. The van der Waals surface area contributed by atoms with Crippen LogP contribution in [0.25, 0.3) is 0 Å². The third-order valence-corrected chi connectivity index (χ3v) is 5.55. The van der Waals surface area contributed by atoms with E-state index in [1.807, 2.05) is 27.7 Å². The van der Waals surface area contributed by atoms with Crippen LogP contribution in [-0.4, -0.2) is 0 Å². The fourth-order valence-corrected chi connectivity index (χ4v) is 4.03. The first-order chi connectivity index (χ1) is 9.77. The summed E-state index contributed by atoms with van der Waals surface area (Å²) in [5.74, 6) is 4.14. The maximum Gasteiger partial charge on any atom is -0.0386 e. The molecule has 0 aromatic rings. The van der Waals surface area contributed by atoms with Crippen molar-refractivity contribution in [2.45, 2.75) is 113 Å². The standard InChI is InChI=1S/C16H30.2C2H6.CH4/c1-13-7-6-10-16(14(13)2)12-11-15-8-4-3-5-9-15;2*1-2;/h13-16H,3-12H2,1-2H3;2*1-2H3;1H4. The van der Waals surface area contributed by atoms with Crippen molar-refractivity contribution in [2.75, 3.05) is 0 Å². The Kier molecular flexibility index (Phi) is 16.5. The lowest BCUT2D eigenvalue weighted by Crippen LogP contribution is -2.24. The highest BCUT2D eigenvalue weighted by Gasteiger charge is 2.27. The van der Waals surface area contributed by atoms with Gasteiger partial charge >= 0.3 is 0 Å². The third-order valence-electron chi connectivity index (χ3n) is 5.55. The average molecular weight is 299 g/mol. The van der Waals surface area contributed by atoms with Crippen LogP contribution < -0.4 is 0 Å². The molecular weight excluding hydrogens is 252 g/mol. The molecule has 130 valence electrons. The summed E-state index contributed by atoms with van der Waals surface area (Å²) in [7, 11) is 0. The summed E-state index contributed by atoms with van der Waals surface area (Å²) in [5.41, 5.74) is 0. The maximum atomic E-state index is 2.51. The van der Waals surface area contributed by atoms with E-state index in [9.17, 15) is 0 Å². The van der Waals surface area contributed by atoms with Crippen molar-refractivity contribution in [1.29, 1.82) is 0 Å². The van der Waals surface area contributed by atoms with E-state index < -0.39 is 0 Å². The Bertz CT molecular complexity index is 190. The molecule has 2 aliphatic rings. The minimum absolute atomic E-state index is 0. The molecule has 3 atom stereocenters. The molecule has 0 aromatic carbocycles. The number of hydrogen-bond donors (Lipinski definition) is 0. The first-order valence-electron chi connectivity index (χ1n) is 9.77. The molecule has 3 unspecified atom stereocenters. The molecule has 0 saturated heterocycles. The van der Waals surface area contributed by atoms with Crippen LogP contribution in [0, 0.1) is 23.7 Å². The topological polar surface area (TPSA) is 0 Å². The summed E-state index contributed by atoms with van der Waals surface area (Å²) in [6.07, 6.45) is 15.2. The molecule has 0 radical (unpaired) electrons. The summed E-state index contributed by atoms with van der Waals surface area (Å²) in [5, 5.41) is 0. The van der Waals surface area contributed by atoms with Gasteiger partial charge in [0.25, 0.3) is 0 Å². The van der Waals surface area contributed by atoms with Gasteiger partial charge in [-0.15, -0.1) is 0 Å². The van der Waals surface area contributed by atoms with Gasteiger partial charge in [-0.05, 0) is 30.1 Å². The molecule has 0 aliphatic heterocycles. The van der Waals surface area contributed by atoms with E-state index in [4.69, 9.17) is 0 Å². The summed E-state index contributed by atoms with van der Waals surface area (Å²) >= 11 is 0. The smallest absolute Gasteiger partial charge is 0.0386 e. The molecule has 2 fully saturated rings. The Hall–Kier alpha value is 0. The maximum absolute atomic E-state index is 2.51. The van der Waals surface area contributed by atoms with E-state index in [1.165, 1.54) is 57.8 Å². The number of hydrogen-bond acceptors (Lipinski definition) is 0. The Morgan fingerprint density at radius 1 is 0.667 bits per heavy atom. The van der Waals surface area contributed by atoms with E-state index >= 15 is 0 Å². The van der Waals surface area contributed by atoms with E-state index in [0.717, 1.165) is 23.7 Å². The van der Waals surface area contributed by atoms with Crippen molar-refractivity contribution < 1.29 is 0 Å². The van der Waals surface area contributed by atoms with Crippen molar-refractivity contribution in [3.63, 3.8) is 0 Å². The van der Waals surface area contributed by atoms with Crippen molar-refractivity contribution in [3.8, 4) is 0 Å².